The summed E-state index contributed by atoms with van der Waals surface area (Å²) in [5, 5.41) is 43.2. The summed E-state index contributed by atoms with van der Waals surface area (Å²) >= 11 is 0. The van der Waals surface area contributed by atoms with Crippen LogP contribution < -0.4 is 20.4 Å². The Morgan fingerprint density at radius 2 is 0.857 bits per heavy atom. The largest absolute Gasteiger partial charge is 4.00 e. The Hall–Kier alpha value is 0.554. The Kier molecular flexibility index (Phi) is 19.5. The van der Waals surface area contributed by atoms with E-state index in [0.717, 1.165) is 38.5 Å². The smallest absolute Gasteiger partial charge is 0.863 e. The third kappa shape index (κ3) is 20.6. The van der Waals surface area contributed by atoms with Crippen LogP contribution in [0, 0.1) is 0 Å². The van der Waals surface area contributed by atoms with E-state index in [9.17, 15) is 20.4 Å². The Morgan fingerprint density at radius 3 is 1.05 bits per heavy atom. The molecule has 0 aromatic heterocycles. The van der Waals surface area contributed by atoms with E-state index < -0.39 is 11.6 Å². The molecule has 0 aliphatic carbocycles. The molecule has 5 heteroatoms. The number of unbranched alkanes of at least 4 members (excludes halogenated alkanes) is 4. The van der Waals surface area contributed by atoms with Crippen LogP contribution in [0.15, 0.2) is 0 Å². The van der Waals surface area contributed by atoms with Crippen molar-refractivity contribution in [3.63, 3.8) is 0 Å². The minimum absolute atomic E-state index is 0. The second kappa shape index (κ2) is 15.4. The monoisotopic (exact) mass is 336 g/mol. The quantitative estimate of drug-likeness (QED) is 0.335. The molecule has 0 rings (SSSR count). The molecule has 0 saturated heterocycles. The summed E-state index contributed by atoms with van der Waals surface area (Å²) in [4.78, 5) is 0. The maximum Gasteiger partial charge on any atom is 4.00 e. The Bertz CT molecular complexity index is 186. The van der Waals surface area contributed by atoms with Gasteiger partial charge in [0.15, 0.2) is 0 Å². The summed E-state index contributed by atoms with van der Waals surface area (Å²) in [6.07, 6.45) is 6.72. The van der Waals surface area contributed by atoms with Crippen molar-refractivity contribution in [2.45, 2.75) is 103 Å². The van der Waals surface area contributed by atoms with E-state index in [1.54, 1.807) is 13.8 Å². The van der Waals surface area contributed by atoms with E-state index in [1.807, 2.05) is 0 Å². The van der Waals surface area contributed by atoms with E-state index in [1.165, 1.54) is 0 Å². The summed E-state index contributed by atoms with van der Waals surface area (Å²) < 4.78 is 0. The fourth-order valence-corrected chi connectivity index (χ4v) is 1.64. The van der Waals surface area contributed by atoms with E-state index in [2.05, 4.69) is 13.8 Å². The molecule has 0 fully saturated rings. The molecule has 0 saturated carbocycles. The van der Waals surface area contributed by atoms with Crippen LogP contribution in [0.5, 0.6) is 0 Å². The van der Waals surface area contributed by atoms with Gasteiger partial charge in [0.25, 0.3) is 0 Å². The molecule has 0 aromatic carbocycles. The average Bonchev–Trinajstić information content (AvgIpc) is 2.40. The molecule has 0 radical (unpaired) electrons. The van der Waals surface area contributed by atoms with Gasteiger partial charge in [0.05, 0.1) is 0 Å². The molecule has 0 atom stereocenters. The minimum Gasteiger partial charge on any atom is -0.863 e. The van der Waals surface area contributed by atoms with Gasteiger partial charge in [-0.15, -0.1) is 0 Å². The summed E-state index contributed by atoms with van der Waals surface area (Å²) in [5.41, 5.74) is 0. The van der Waals surface area contributed by atoms with Crippen molar-refractivity contribution >= 4 is 0 Å². The predicted octanol–water partition coefficient (Wildman–Crippen LogP) is 0.785. The van der Waals surface area contributed by atoms with Gasteiger partial charge in [-0.25, -0.2) is 11.6 Å². The van der Waals surface area contributed by atoms with E-state index in [-0.39, 0.29) is 47.4 Å². The van der Waals surface area contributed by atoms with Gasteiger partial charge in [0.1, 0.15) is 0 Å². The maximum atomic E-state index is 10.8. The molecule has 21 heavy (non-hydrogen) atoms. The number of hydrogen-bond acceptors (Lipinski definition) is 4. The zero-order valence-corrected chi connectivity index (χ0v) is 15.8. The van der Waals surface area contributed by atoms with Crippen LogP contribution in [0.3, 0.4) is 0 Å². The molecule has 0 N–H and O–H groups in total. The van der Waals surface area contributed by atoms with Gasteiger partial charge in [-0.1, -0.05) is 91.9 Å². The molecule has 0 bridgehead atoms. The number of hydrogen-bond donors (Lipinski definition) is 0. The van der Waals surface area contributed by atoms with Gasteiger partial charge in [-0.3, -0.25) is 0 Å². The van der Waals surface area contributed by atoms with Gasteiger partial charge in [-0.2, -0.15) is 0 Å². The fourth-order valence-electron chi connectivity index (χ4n) is 1.64. The Labute approximate surface area is 145 Å². The molecule has 0 heterocycles. The van der Waals surface area contributed by atoms with Gasteiger partial charge in [0.2, 0.25) is 0 Å². The van der Waals surface area contributed by atoms with Crippen molar-refractivity contribution in [1.29, 1.82) is 0 Å². The second-order valence-corrected chi connectivity index (χ2v) is 5.44. The molecular formula is C16H32O4Ti. The third-order valence-electron chi connectivity index (χ3n) is 3.40. The first-order chi connectivity index (χ1) is 9.24. The zero-order valence-electron chi connectivity index (χ0n) is 14.2. The molecular weight excluding hydrogens is 304 g/mol. The zero-order chi connectivity index (χ0) is 16.1. The maximum absolute atomic E-state index is 10.8. The molecule has 124 valence electrons. The van der Waals surface area contributed by atoms with E-state index in [0.29, 0.717) is 0 Å². The van der Waals surface area contributed by atoms with Crippen LogP contribution in [-0.2, 0) is 21.7 Å². The van der Waals surface area contributed by atoms with Crippen molar-refractivity contribution in [3.8, 4) is 0 Å². The van der Waals surface area contributed by atoms with Crippen molar-refractivity contribution in [3.05, 3.63) is 0 Å². The summed E-state index contributed by atoms with van der Waals surface area (Å²) in [7, 11) is 0. The Balaban J connectivity index is -0.000000295. The molecule has 0 spiro atoms. The average molecular weight is 336 g/mol. The molecule has 4 nitrogen and oxygen atoms in total. The third-order valence-corrected chi connectivity index (χ3v) is 3.40. The molecule has 0 aromatic rings. The van der Waals surface area contributed by atoms with Crippen LogP contribution in [0.2, 0.25) is 0 Å². The van der Waals surface area contributed by atoms with Crippen LogP contribution >= 0.6 is 0 Å². The first kappa shape index (κ1) is 26.5. The normalized spacial score (nSPS) is 11.4. The molecule has 0 unspecified atom stereocenters. The second-order valence-electron chi connectivity index (χ2n) is 5.44. The van der Waals surface area contributed by atoms with Gasteiger partial charge < -0.3 is 20.4 Å². The van der Waals surface area contributed by atoms with Crippen LogP contribution in [0.25, 0.3) is 0 Å². The summed E-state index contributed by atoms with van der Waals surface area (Å²) in [5.74, 6) is -3.82. The van der Waals surface area contributed by atoms with Gasteiger partial charge >= 0.3 is 21.7 Å². The Morgan fingerprint density at radius 1 is 0.571 bits per heavy atom. The van der Waals surface area contributed by atoms with Crippen molar-refractivity contribution in [2.24, 2.45) is 0 Å². The van der Waals surface area contributed by atoms with E-state index in [4.69, 9.17) is 0 Å². The molecule has 0 amide bonds. The van der Waals surface area contributed by atoms with Gasteiger partial charge in [0, 0.05) is 0 Å². The van der Waals surface area contributed by atoms with Crippen molar-refractivity contribution < 1.29 is 42.1 Å². The van der Waals surface area contributed by atoms with E-state index >= 15 is 0 Å². The van der Waals surface area contributed by atoms with Crippen molar-refractivity contribution in [2.75, 3.05) is 0 Å². The predicted molar refractivity (Wildman–Crippen MR) is 74.3 cm³/mol. The first-order valence-corrected chi connectivity index (χ1v) is 8.06. The summed E-state index contributed by atoms with van der Waals surface area (Å²) in [6.45, 7) is 7.43. The summed E-state index contributed by atoms with van der Waals surface area (Å²) in [6, 6.07) is 0. The SMILES string of the molecule is CCCCCC([O-])([O-])CC.CCCCCC([O-])([O-])CC.[Ti+4]. The van der Waals surface area contributed by atoms with Crippen LogP contribution in [-0.4, -0.2) is 11.6 Å². The standard InChI is InChI=1S/2C8H16O2.Ti/c2*1-3-5-6-7-8(9,10)4-2;/h2*3-7H2,1-2H3;/q2*-2;+4. The number of rotatable bonds is 10. The fraction of sp³-hybridized carbons (Fsp3) is 1.00. The van der Waals surface area contributed by atoms with Crippen molar-refractivity contribution in [1.82, 2.24) is 0 Å². The molecule has 0 aliphatic heterocycles. The topological polar surface area (TPSA) is 92.2 Å². The van der Waals surface area contributed by atoms with Gasteiger partial charge in [-0.05, 0) is 0 Å². The minimum atomic E-state index is -1.91. The van der Waals surface area contributed by atoms with Crippen LogP contribution in [0.1, 0.15) is 91.9 Å². The molecule has 0 aliphatic rings. The van der Waals surface area contributed by atoms with Crippen LogP contribution in [0.4, 0.5) is 0 Å². The first-order valence-electron chi connectivity index (χ1n) is 8.06.